The number of para-hydroxylation sites is 2. The minimum absolute atomic E-state index is 0.0955. The van der Waals surface area contributed by atoms with Crippen molar-refractivity contribution in [1.82, 2.24) is 4.90 Å². The third-order valence-corrected chi connectivity index (χ3v) is 5.78. The van der Waals surface area contributed by atoms with E-state index in [0.717, 1.165) is 35.5 Å². The topological polar surface area (TPSA) is 26.8 Å². The van der Waals surface area contributed by atoms with Gasteiger partial charge in [0.25, 0.3) is 5.91 Å². The minimum Gasteiger partial charge on any atom is -0.309 e. The van der Waals surface area contributed by atoms with Gasteiger partial charge in [0.15, 0.2) is 0 Å². The molecule has 1 unspecified atom stereocenters. The van der Waals surface area contributed by atoms with Crippen LogP contribution in [-0.2, 0) is 10.2 Å². The van der Waals surface area contributed by atoms with Gasteiger partial charge in [-0.15, -0.1) is 0 Å². The summed E-state index contributed by atoms with van der Waals surface area (Å²) in [5.74, 6) is 0.0955. The van der Waals surface area contributed by atoms with Crippen LogP contribution in [0.15, 0.2) is 84.9 Å². The van der Waals surface area contributed by atoms with E-state index in [1.807, 2.05) is 83.8 Å². The minimum atomic E-state index is -0.703. The Hall–Kier alpha value is -3.11. The molecule has 0 bridgehead atoms. The van der Waals surface area contributed by atoms with Crippen LogP contribution < -0.4 is 10.0 Å². The summed E-state index contributed by atoms with van der Waals surface area (Å²) in [4.78, 5) is 16.3. The van der Waals surface area contributed by atoms with Crippen LogP contribution in [0.1, 0.15) is 17.5 Å². The molecule has 4 rings (SSSR count). The van der Waals surface area contributed by atoms with E-state index in [4.69, 9.17) is 0 Å². The van der Waals surface area contributed by atoms with Crippen molar-refractivity contribution in [3.63, 3.8) is 0 Å². The Morgan fingerprint density at radius 2 is 1.38 bits per heavy atom. The fourth-order valence-electron chi connectivity index (χ4n) is 4.26. The Bertz CT molecular complexity index is 987. The molecule has 4 nitrogen and oxygen atoms in total. The van der Waals surface area contributed by atoms with Crippen LogP contribution >= 0.6 is 0 Å². The standard InChI is InChI=1S/C25H27N3O/c1-26(2)19-18-25(20-12-6-4-7-13-20)22-16-10-11-17-23(22)28(24(25)29)27(3)21-14-8-5-9-15-21/h4-17H,18-19H2,1-3H3. The van der Waals surface area contributed by atoms with Gasteiger partial charge in [0.1, 0.15) is 5.41 Å². The lowest BCUT2D eigenvalue weighted by molar-refractivity contribution is -0.122. The molecular formula is C25H27N3O. The molecule has 3 aromatic carbocycles. The van der Waals surface area contributed by atoms with Crippen LogP contribution in [0.2, 0.25) is 0 Å². The number of carbonyl (C=O) groups is 1. The van der Waals surface area contributed by atoms with Crippen LogP contribution in [-0.4, -0.2) is 38.5 Å². The predicted octanol–water partition coefficient (Wildman–Crippen LogP) is 4.32. The second-order valence-electron chi connectivity index (χ2n) is 7.82. The molecule has 148 valence electrons. The summed E-state index contributed by atoms with van der Waals surface area (Å²) in [6.45, 7) is 0.817. The maximum Gasteiger partial charge on any atom is 0.261 e. The maximum absolute atomic E-state index is 14.2. The van der Waals surface area contributed by atoms with Gasteiger partial charge in [-0.3, -0.25) is 9.80 Å². The van der Waals surface area contributed by atoms with E-state index >= 15 is 0 Å². The van der Waals surface area contributed by atoms with Crippen molar-refractivity contribution in [3.05, 3.63) is 96.1 Å². The van der Waals surface area contributed by atoms with Crippen molar-refractivity contribution < 1.29 is 4.79 Å². The zero-order valence-corrected chi connectivity index (χ0v) is 17.2. The summed E-state index contributed by atoms with van der Waals surface area (Å²) in [6.07, 6.45) is 0.721. The third kappa shape index (κ3) is 3.19. The smallest absolute Gasteiger partial charge is 0.261 e. The Balaban J connectivity index is 1.89. The lowest BCUT2D eigenvalue weighted by Crippen LogP contribution is -2.49. The summed E-state index contributed by atoms with van der Waals surface area (Å²) in [6, 6.07) is 28.4. The highest BCUT2D eigenvalue weighted by Crippen LogP contribution is 2.49. The molecule has 0 saturated heterocycles. The van der Waals surface area contributed by atoms with Gasteiger partial charge < -0.3 is 4.90 Å². The van der Waals surface area contributed by atoms with Crippen molar-refractivity contribution in [3.8, 4) is 0 Å². The van der Waals surface area contributed by atoms with Crippen LogP contribution in [0.25, 0.3) is 0 Å². The van der Waals surface area contributed by atoms with Crippen molar-refractivity contribution in [2.45, 2.75) is 11.8 Å². The Labute approximate surface area is 173 Å². The molecule has 4 heteroatoms. The van der Waals surface area contributed by atoms with Crippen LogP contribution in [0.4, 0.5) is 11.4 Å². The fraction of sp³-hybridized carbons (Fsp3) is 0.240. The number of fused-ring (bicyclic) bond motifs is 1. The number of amides is 1. The van der Waals surface area contributed by atoms with Gasteiger partial charge in [0, 0.05) is 7.05 Å². The molecule has 0 aromatic heterocycles. The Morgan fingerprint density at radius 1 is 0.793 bits per heavy atom. The summed E-state index contributed by atoms with van der Waals surface area (Å²) in [7, 11) is 6.06. The maximum atomic E-state index is 14.2. The van der Waals surface area contributed by atoms with Crippen LogP contribution in [0.5, 0.6) is 0 Å². The van der Waals surface area contributed by atoms with Crippen molar-refractivity contribution in [2.24, 2.45) is 0 Å². The van der Waals surface area contributed by atoms with Crippen molar-refractivity contribution >= 4 is 17.3 Å². The number of nitrogens with zero attached hydrogens (tertiary/aromatic N) is 3. The van der Waals surface area contributed by atoms with Gasteiger partial charge >= 0.3 is 0 Å². The van der Waals surface area contributed by atoms with Gasteiger partial charge in [-0.1, -0.05) is 66.7 Å². The van der Waals surface area contributed by atoms with Gasteiger partial charge in [0.05, 0.1) is 11.4 Å². The molecule has 1 heterocycles. The summed E-state index contributed by atoms with van der Waals surface area (Å²) in [5, 5.41) is 3.80. The first-order chi connectivity index (χ1) is 14.1. The quantitative estimate of drug-likeness (QED) is 0.632. The summed E-state index contributed by atoms with van der Waals surface area (Å²) >= 11 is 0. The molecule has 0 saturated carbocycles. The largest absolute Gasteiger partial charge is 0.309 e. The lowest BCUT2D eigenvalue weighted by atomic mass is 9.73. The van der Waals surface area contributed by atoms with E-state index in [1.54, 1.807) is 0 Å². The first-order valence-corrected chi connectivity index (χ1v) is 9.99. The molecular weight excluding hydrogens is 358 g/mol. The molecule has 0 aliphatic carbocycles. The summed E-state index contributed by atoms with van der Waals surface area (Å²) < 4.78 is 0. The molecule has 1 atom stereocenters. The second-order valence-corrected chi connectivity index (χ2v) is 7.82. The highest BCUT2D eigenvalue weighted by Gasteiger charge is 2.53. The van der Waals surface area contributed by atoms with E-state index < -0.39 is 5.41 Å². The molecule has 0 spiro atoms. The van der Waals surface area contributed by atoms with Gasteiger partial charge in [-0.25, -0.2) is 5.01 Å². The number of hydrogen-bond donors (Lipinski definition) is 0. The van der Waals surface area contributed by atoms with E-state index in [0.29, 0.717) is 0 Å². The van der Waals surface area contributed by atoms with Gasteiger partial charge in [-0.2, -0.15) is 0 Å². The molecule has 1 aliphatic rings. The van der Waals surface area contributed by atoms with Crippen LogP contribution in [0.3, 0.4) is 0 Å². The number of carbonyl (C=O) groups excluding carboxylic acids is 1. The molecule has 1 amide bonds. The number of hydrazine groups is 1. The predicted molar refractivity (Wildman–Crippen MR) is 119 cm³/mol. The first-order valence-electron chi connectivity index (χ1n) is 9.99. The lowest BCUT2D eigenvalue weighted by Gasteiger charge is -2.34. The molecule has 0 radical (unpaired) electrons. The summed E-state index contributed by atoms with van der Waals surface area (Å²) in [5.41, 5.74) is 3.34. The van der Waals surface area contributed by atoms with Crippen molar-refractivity contribution in [2.75, 3.05) is 37.7 Å². The van der Waals surface area contributed by atoms with Crippen LogP contribution in [0, 0.1) is 0 Å². The SMILES string of the molecule is CN(C)CCC1(c2ccccc2)C(=O)N(N(C)c2ccccc2)c2ccccc21. The Kier molecular flexibility index (Phi) is 5.12. The normalized spacial score (nSPS) is 18.2. The third-order valence-electron chi connectivity index (χ3n) is 5.78. The number of rotatable bonds is 6. The average Bonchev–Trinajstić information content (AvgIpc) is 3.01. The zero-order valence-electron chi connectivity index (χ0n) is 17.2. The molecule has 0 N–H and O–H groups in total. The fourth-order valence-corrected chi connectivity index (χ4v) is 4.26. The average molecular weight is 386 g/mol. The second kappa shape index (κ2) is 7.72. The molecule has 0 fully saturated rings. The zero-order chi connectivity index (χ0) is 20.4. The van der Waals surface area contributed by atoms with E-state index in [2.05, 4.69) is 37.2 Å². The monoisotopic (exact) mass is 385 g/mol. The molecule has 29 heavy (non-hydrogen) atoms. The first kappa shape index (κ1) is 19.2. The van der Waals surface area contributed by atoms with E-state index in [1.165, 1.54) is 0 Å². The highest BCUT2D eigenvalue weighted by molar-refractivity contribution is 6.11. The number of hydrogen-bond acceptors (Lipinski definition) is 3. The molecule has 1 aliphatic heterocycles. The van der Waals surface area contributed by atoms with Gasteiger partial charge in [-0.05, 0) is 56.4 Å². The number of anilines is 2. The Morgan fingerprint density at radius 3 is 2.03 bits per heavy atom. The number of benzene rings is 3. The van der Waals surface area contributed by atoms with Crippen molar-refractivity contribution in [1.29, 1.82) is 0 Å². The van der Waals surface area contributed by atoms with E-state index in [9.17, 15) is 4.79 Å². The molecule has 3 aromatic rings. The van der Waals surface area contributed by atoms with E-state index in [-0.39, 0.29) is 5.91 Å². The van der Waals surface area contributed by atoms with Gasteiger partial charge in [0.2, 0.25) is 0 Å². The highest BCUT2D eigenvalue weighted by atomic mass is 16.2.